The molecule has 0 aliphatic heterocycles. The predicted molar refractivity (Wildman–Crippen MR) is 146 cm³/mol. The van der Waals surface area contributed by atoms with Crippen molar-refractivity contribution in [2.75, 3.05) is 7.05 Å². The number of nitrogens with zero attached hydrogens (tertiary/aromatic N) is 3. The number of fused-ring (bicyclic) bond motifs is 1. The quantitative estimate of drug-likeness (QED) is 0.273. The number of aldehydes is 1. The lowest BCUT2D eigenvalue weighted by Gasteiger charge is -2.44. The smallest absolute Gasteiger partial charge is 0.258 e. The van der Waals surface area contributed by atoms with Crippen molar-refractivity contribution < 1.29 is 9.32 Å². The van der Waals surface area contributed by atoms with Gasteiger partial charge in [-0.05, 0) is 105 Å². The molecule has 188 valence electrons. The van der Waals surface area contributed by atoms with Crippen molar-refractivity contribution in [3.63, 3.8) is 0 Å². The third-order valence-corrected chi connectivity index (χ3v) is 8.36. The fourth-order valence-electron chi connectivity index (χ4n) is 6.28. The van der Waals surface area contributed by atoms with Crippen molar-refractivity contribution >= 4 is 6.29 Å². The van der Waals surface area contributed by atoms with Crippen LogP contribution in [0.1, 0.15) is 54.0 Å². The average Bonchev–Trinajstić information content (AvgIpc) is 3.38. The summed E-state index contributed by atoms with van der Waals surface area (Å²) < 4.78 is 5.74. The minimum Gasteiger partial charge on any atom is -0.334 e. The highest BCUT2D eigenvalue weighted by molar-refractivity contribution is 5.75. The van der Waals surface area contributed by atoms with Gasteiger partial charge < -0.3 is 9.32 Å². The van der Waals surface area contributed by atoms with E-state index >= 15 is 0 Å². The maximum atomic E-state index is 11.1. The molecule has 1 fully saturated rings. The van der Waals surface area contributed by atoms with Gasteiger partial charge in [-0.25, -0.2) is 0 Å². The van der Waals surface area contributed by atoms with Crippen molar-refractivity contribution in [2.45, 2.75) is 58.0 Å². The summed E-state index contributed by atoms with van der Waals surface area (Å²) in [7, 11) is 2.22. The van der Waals surface area contributed by atoms with E-state index in [0.717, 1.165) is 43.1 Å². The van der Waals surface area contributed by atoms with Gasteiger partial charge in [0.2, 0.25) is 5.82 Å². The minimum atomic E-state index is 0.243. The lowest BCUT2D eigenvalue weighted by molar-refractivity contribution is -0.115. The van der Waals surface area contributed by atoms with Crippen LogP contribution in [0.2, 0.25) is 0 Å². The molecule has 3 aromatic carbocycles. The molecule has 5 heteroatoms. The normalized spacial score (nSPS) is 20.9. The summed E-state index contributed by atoms with van der Waals surface area (Å²) in [6.45, 7) is 4.27. The third-order valence-electron chi connectivity index (χ3n) is 8.36. The van der Waals surface area contributed by atoms with Crippen LogP contribution >= 0.6 is 0 Å². The Morgan fingerprint density at radius 2 is 1.70 bits per heavy atom. The molecule has 6 rings (SSSR count). The van der Waals surface area contributed by atoms with Crippen molar-refractivity contribution in [3.8, 4) is 34.0 Å². The molecule has 2 aliphatic carbocycles. The predicted octanol–water partition coefficient (Wildman–Crippen LogP) is 6.97. The maximum Gasteiger partial charge on any atom is 0.258 e. The summed E-state index contributed by atoms with van der Waals surface area (Å²) >= 11 is 0. The first-order valence-electron chi connectivity index (χ1n) is 13.3. The van der Waals surface area contributed by atoms with Crippen LogP contribution in [0.4, 0.5) is 0 Å². The molecule has 0 saturated heterocycles. The molecule has 1 aromatic heterocycles. The zero-order valence-corrected chi connectivity index (χ0v) is 21.8. The molecular formula is C32H33N3O2. The number of aryl methyl sites for hydroxylation is 3. The number of benzene rings is 3. The molecule has 5 nitrogen and oxygen atoms in total. The molecule has 0 bridgehead atoms. The third kappa shape index (κ3) is 4.42. The number of carbonyl (C=O) groups is 1. The van der Waals surface area contributed by atoms with Gasteiger partial charge >= 0.3 is 0 Å². The summed E-state index contributed by atoms with van der Waals surface area (Å²) in [4.78, 5) is 18.3. The highest BCUT2D eigenvalue weighted by Gasteiger charge is 2.36. The summed E-state index contributed by atoms with van der Waals surface area (Å²) in [6, 6.07) is 22.3. The Balaban J connectivity index is 1.25. The van der Waals surface area contributed by atoms with Gasteiger partial charge in [0.15, 0.2) is 0 Å². The Morgan fingerprint density at radius 1 is 0.946 bits per heavy atom. The topological polar surface area (TPSA) is 59.2 Å². The zero-order chi connectivity index (χ0) is 25.5. The molecule has 1 saturated carbocycles. The molecule has 4 aromatic rings. The van der Waals surface area contributed by atoms with Gasteiger partial charge in [-0.15, -0.1) is 0 Å². The van der Waals surface area contributed by atoms with E-state index in [1.165, 1.54) is 39.8 Å². The molecule has 0 amide bonds. The standard InChI is InChI=1S/C32H33N3O2/c1-20-14-26(15-21(2)30(20)23-8-5-4-6-9-23)32-33-31(34-37-32)25-12-13-28-24(18-25)10-7-11-29(28)35(3)27-16-22(17-27)19-36/h4-6,8-9,12-15,18-19,22,27,29H,7,10-11,16-17H2,1-3H3. The van der Waals surface area contributed by atoms with Gasteiger partial charge in [-0.2, -0.15) is 4.98 Å². The van der Waals surface area contributed by atoms with Crippen molar-refractivity contribution in [2.24, 2.45) is 5.92 Å². The molecule has 0 spiro atoms. The van der Waals surface area contributed by atoms with Crippen LogP contribution in [0.3, 0.4) is 0 Å². The molecular weight excluding hydrogens is 458 g/mol. The lowest BCUT2D eigenvalue weighted by atomic mass is 9.78. The number of aromatic nitrogens is 2. The second kappa shape index (κ2) is 9.71. The van der Waals surface area contributed by atoms with Gasteiger partial charge in [0, 0.05) is 29.1 Å². The number of hydrogen-bond acceptors (Lipinski definition) is 5. The van der Waals surface area contributed by atoms with Crippen LogP contribution < -0.4 is 0 Å². The van der Waals surface area contributed by atoms with E-state index in [4.69, 9.17) is 9.51 Å². The lowest BCUT2D eigenvalue weighted by Crippen LogP contribution is -2.45. The van der Waals surface area contributed by atoms with Crippen LogP contribution in [0, 0.1) is 19.8 Å². The Hall–Kier alpha value is -3.57. The second-order valence-corrected chi connectivity index (χ2v) is 10.8. The number of carbonyl (C=O) groups excluding carboxylic acids is 1. The Kier molecular flexibility index (Phi) is 6.25. The van der Waals surface area contributed by atoms with Crippen molar-refractivity contribution in [3.05, 3.63) is 82.9 Å². The van der Waals surface area contributed by atoms with Crippen LogP contribution in [-0.2, 0) is 11.2 Å². The van der Waals surface area contributed by atoms with Crippen LogP contribution in [0.25, 0.3) is 34.0 Å². The fraction of sp³-hybridized carbons (Fsp3) is 0.344. The van der Waals surface area contributed by atoms with E-state index in [2.05, 4.69) is 85.5 Å². The number of rotatable bonds is 6. The molecule has 1 unspecified atom stereocenters. The van der Waals surface area contributed by atoms with Crippen LogP contribution in [0.15, 0.2) is 65.2 Å². The largest absolute Gasteiger partial charge is 0.334 e. The zero-order valence-electron chi connectivity index (χ0n) is 21.8. The fourth-order valence-corrected chi connectivity index (χ4v) is 6.28. The van der Waals surface area contributed by atoms with Crippen LogP contribution in [0.5, 0.6) is 0 Å². The van der Waals surface area contributed by atoms with Crippen LogP contribution in [-0.4, -0.2) is 34.4 Å². The first kappa shape index (κ1) is 23.8. The van der Waals surface area contributed by atoms with E-state index < -0.39 is 0 Å². The first-order chi connectivity index (χ1) is 18.0. The van der Waals surface area contributed by atoms with E-state index in [9.17, 15) is 4.79 Å². The van der Waals surface area contributed by atoms with Gasteiger partial charge in [0.05, 0.1) is 0 Å². The highest BCUT2D eigenvalue weighted by Crippen LogP contribution is 2.41. The molecule has 1 atom stereocenters. The minimum absolute atomic E-state index is 0.243. The molecule has 0 N–H and O–H groups in total. The molecule has 0 radical (unpaired) electrons. The monoisotopic (exact) mass is 491 g/mol. The van der Waals surface area contributed by atoms with Gasteiger partial charge in [-0.3, -0.25) is 4.90 Å². The van der Waals surface area contributed by atoms with E-state index in [0.29, 0.717) is 23.8 Å². The van der Waals surface area contributed by atoms with Gasteiger partial charge in [-0.1, -0.05) is 47.6 Å². The van der Waals surface area contributed by atoms with Gasteiger partial charge in [0.1, 0.15) is 6.29 Å². The summed E-state index contributed by atoms with van der Waals surface area (Å²) in [5.74, 6) is 1.42. The summed E-state index contributed by atoms with van der Waals surface area (Å²) in [5.41, 5.74) is 9.57. The Labute approximate surface area is 218 Å². The summed E-state index contributed by atoms with van der Waals surface area (Å²) in [6.07, 6.45) is 6.49. The van der Waals surface area contributed by atoms with Crippen molar-refractivity contribution in [1.29, 1.82) is 0 Å². The van der Waals surface area contributed by atoms with E-state index in [-0.39, 0.29) is 5.92 Å². The average molecular weight is 492 g/mol. The van der Waals surface area contributed by atoms with E-state index in [1.54, 1.807) is 0 Å². The number of hydrogen-bond donors (Lipinski definition) is 0. The summed E-state index contributed by atoms with van der Waals surface area (Å²) in [5, 5.41) is 4.34. The Morgan fingerprint density at radius 3 is 2.43 bits per heavy atom. The maximum absolute atomic E-state index is 11.1. The second-order valence-electron chi connectivity index (χ2n) is 10.8. The Bertz CT molecular complexity index is 1410. The van der Waals surface area contributed by atoms with Crippen molar-refractivity contribution in [1.82, 2.24) is 15.0 Å². The SMILES string of the molecule is Cc1cc(-c2nc(-c3ccc4c(c3)CCCC4N(C)C3CC(C=O)C3)no2)cc(C)c1-c1ccccc1. The molecule has 37 heavy (non-hydrogen) atoms. The van der Waals surface area contributed by atoms with E-state index in [1.807, 2.05) is 6.07 Å². The molecule has 2 aliphatic rings. The highest BCUT2D eigenvalue weighted by atomic mass is 16.5. The van der Waals surface area contributed by atoms with Gasteiger partial charge in [0.25, 0.3) is 5.89 Å². The first-order valence-corrected chi connectivity index (χ1v) is 13.3. The molecule has 1 heterocycles.